The van der Waals surface area contributed by atoms with Crippen LogP contribution in [-0.4, -0.2) is 9.78 Å². The van der Waals surface area contributed by atoms with Crippen molar-refractivity contribution in [3.8, 4) is 0 Å². The van der Waals surface area contributed by atoms with Crippen LogP contribution in [0.4, 0.5) is 5.69 Å². The normalized spacial score (nSPS) is 14.9. The number of aromatic amines is 1. The quantitative estimate of drug-likeness (QED) is 0.915. The minimum absolute atomic E-state index is 0.114. The van der Waals surface area contributed by atoms with Gasteiger partial charge in [0.15, 0.2) is 0 Å². The summed E-state index contributed by atoms with van der Waals surface area (Å²) in [5.74, 6) is 0.460. The van der Waals surface area contributed by atoms with Gasteiger partial charge in [0, 0.05) is 10.4 Å². The maximum atomic E-state index is 12.0. The van der Waals surface area contributed by atoms with E-state index >= 15 is 0 Å². The molecule has 4 nitrogen and oxygen atoms in total. The zero-order valence-corrected chi connectivity index (χ0v) is 11.4. The van der Waals surface area contributed by atoms with E-state index in [1.165, 1.54) is 0 Å². The fourth-order valence-corrected chi connectivity index (χ4v) is 2.58. The van der Waals surface area contributed by atoms with Gasteiger partial charge >= 0.3 is 0 Å². The summed E-state index contributed by atoms with van der Waals surface area (Å²) in [6.45, 7) is 0.523. The first-order valence-corrected chi connectivity index (χ1v) is 6.77. The van der Waals surface area contributed by atoms with Crippen molar-refractivity contribution in [2.75, 3.05) is 5.73 Å². The monoisotopic (exact) mass is 307 g/mol. The smallest absolute Gasteiger partial charge is 0.290 e. The van der Waals surface area contributed by atoms with Gasteiger partial charge in [-0.25, -0.2) is 4.68 Å². The van der Waals surface area contributed by atoms with Crippen molar-refractivity contribution in [1.29, 1.82) is 0 Å². The molecule has 0 bridgehead atoms. The van der Waals surface area contributed by atoms with Gasteiger partial charge in [0.1, 0.15) is 5.69 Å². The van der Waals surface area contributed by atoms with Gasteiger partial charge in [-0.1, -0.05) is 28.1 Å². The molecule has 1 aromatic carbocycles. The fourth-order valence-electron chi connectivity index (χ4n) is 2.13. The van der Waals surface area contributed by atoms with Crippen molar-refractivity contribution in [3.05, 3.63) is 50.3 Å². The number of hydrogen-bond donors (Lipinski definition) is 2. The number of H-pyrrole nitrogens is 1. The standard InChI is InChI=1S/C13H14BrN3O/c14-10-3-1-2-8(6-10)7-17-13(18)11(15)12(16-17)9-4-5-9/h1-3,6,9,16H,4-5,7,15H2. The van der Waals surface area contributed by atoms with E-state index in [9.17, 15) is 4.79 Å². The minimum atomic E-state index is -0.114. The van der Waals surface area contributed by atoms with Crippen molar-refractivity contribution in [3.63, 3.8) is 0 Å². The van der Waals surface area contributed by atoms with Crippen molar-refractivity contribution < 1.29 is 0 Å². The highest BCUT2D eigenvalue weighted by Crippen LogP contribution is 2.40. The largest absolute Gasteiger partial charge is 0.393 e. The molecule has 1 aliphatic rings. The van der Waals surface area contributed by atoms with Crippen LogP contribution in [0.1, 0.15) is 30.0 Å². The van der Waals surface area contributed by atoms with Gasteiger partial charge in [0.2, 0.25) is 0 Å². The molecule has 94 valence electrons. The van der Waals surface area contributed by atoms with Gasteiger partial charge in [-0.2, -0.15) is 0 Å². The van der Waals surface area contributed by atoms with E-state index in [0.717, 1.165) is 28.6 Å². The molecule has 0 spiro atoms. The molecule has 5 heteroatoms. The number of halogens is 1. The lowest BCUT2D eigenvalue weighted by Crippen LogP contribution is -2.19. The van der Waals surface area contributed by atoms with Crippen LogP contribution < -0.4 is 11.3 Å². The average molecular weight is 308 g/mol. The molecule has 1 saturated carbocycles. The topological polar surface area (TPSA) is 63.8 Å². The molecule has 1 aliphatic carbocycles. The third-order valence-corrected chi connectivity index (χ3v) is 3.73. The predicted octanol–water partition coefficient (Wildman–Crippen LogP) is 2.45. The highest BCUT2D eigenvalue weighted by atomic mass is 79.9. The Balaban J connectivity index is 1.93. The summed E-state index contributed by atoms with van der Waals surface area (Å²) in [6.07, 6.45) is 2.25. The van der Waals surface area contributed by atoms with E-state index in [4.69, 9.17) is 5.73 Å². The molecule has 0 atom stereocenters. The van der Waals surface area contributed by atoms with Crippen molar-refractivity contribution in [1.82, 2.24) is 9.78 Å². The van der Waals surface area contributed by atoms with Crippen LogP contribution in [0.2, 0.25) is 0 Å². The molecule has 2 aromatic rings. The summed E-state index contributed by atoms with van der Waals surface area (Å²) in [6, 6.07) is 7.91. The molecule has 1 fully saturated rings. The summed E-state index contributed by atoms with van der Waals surface area (Å²) in [4.78, 5) is 12.0. The van der Waals surface area contributed by atoms with E-state index in [-0.39, 0.29) is 5.56 Å². The number of benzene rings is 1. The van der Waals surface area contributed by atoms with Gasteiger partial charge in [-0.15, -0.1) is 0 Å². The van der Waals surface area contributed by atoms with Crippen molar-refractivity contribution in [2.24, 2.45) is 0 Å². The van der Waals surface area contributed by atoms with E-state index in [1.54, 1.807) is 4.68 Å². The van der Waals surface area contributed by atoms with Gasteiger partial charge in [0.05, 0.1) is 12.2 Å². The number of nitrogen functional groups attached to an aromatic ring is 1. The van der Waals surface area contributed by atoms with Gasteiger partial charge < -0.3 is 5.73 Å². The van der Waals surface area contributed by atoms with Crippen LogP contribution in [-0.2, 0) is 6.54 Å². The lowest BCUT2D eigenvalue weighted by Gasteiger charge is -2.02. The lowest BCUT2D eigenvalue weighted by atomic mass is 10.2. The second-order valence-electron chi connectivity index (χ2n) is 4.73. The van der Waals surface area contributed by atoms with Crippen LogP contribution in [0, 0.1) is 0 Å². The summed E-state index contributed by atoms with van der Waals surface area (Å²) >= 11 is 3.42. The van der Waals surface area contributed by atoms with Crippen LogP contribution in [0.25, 0.3) is 0 Å². The third kappa shape index (κ3) is 2.10. The molecule has 1 heterocycles. The second-order valence-corrected chi connectivity index (χ2v) is 5.65. The number of nitrogens with zero attached hydrogens (tertiary/aromatic N) is 1. The molecule has 3 rings (SSSR count). The maximum Gasteiger partial charge on any atom is 0.290 e. The Hall–Kier alpha value is -1.49. The minimum Gasteiger partial charge on any atom is -0.393 e. The first-order valence-electron chi connectivity index (χ1n) is 5.98. The first kappa shape index (κ1) is 11.6. The molecule has 0 aliphatic heterocycles. The zero-order valence-electron chi connectivity index (χ0n) is 9.82. The van der Waals surface area contributed by atoms with Crippen LogP contribution in [0.5, 0.6) is 0 Å². The van der Waals surface area contributed by atoms with Gasteiger partial charge in [-0.05, 0) is 30.5 Å². The van der Waals surface area contributed by atoms with E-state index < -0.39 is 0 Å². The van der Waals surface area contributed by atoms with E-state index in [1.807, 2.05) is 24.3 Å². The third-order valence-electron chi connectivity index (χ3n) is 3.24. The molecular weight excluding hydrogens is 294 g/mol. The molecule has 0 radical (unpaired) electrons. The summed E-state index contributed by atoms with van der Waals surface area (Å²) in [5.41, 5.74) is 8.10. The zero-order chi connectivity index (χ0) is 12.7. The molecule has 0 amide bonds. The van der Waals surface area contributed by atoms with E-state index in [0.29, 0.717) is 18.2 Å². The highest BCUT2D eigenvalue weighted by molar-refractivity contribution is 9.10. The van der Waals surface area contributed by atoms with Gasteiger partial charge in [-0.3, -0.25) is 9.89 Å². The summed E-state index contributed by atoms with van der Waals surface area (Å²) in [5, 5.41) is 3.14. The first-order chi connectivity index (χ1) is 8.65. The van der Waals surface area contributed by atoms with Crippen molar-refractivity contribution >= 4 is 21.6 Å². The Bertz CT molecular complexity index is 640. The number of aromatic nitrogens is 2. The Kier molecular flexibility index (Phi) is 2.78. The molecule has 3 N–H and O–H groups in total. The fraction of sp³-hybridized carbons (Fsp3) is 0.308. The molecular formula is C13H14BrN3O. The molecule has 0 unspecified atom stereocenters. The number of nitrogens with one attached hydrogen (secondary N) is 1. The van der Waals surface area contributed by atoms with Crippen molar-refractivity contribution in [2.45, 2.75) is 25.3 Å². The Morgan fingerprint density at radius 1 is 1.44 bits per heavy atom. The number of hydrogen-bond acceptors (Lipinski definition) is 2. The van der Waals surface area contributed by atoms with Crippen LogP contribution in [0.15, 0.2) is 33.5 Å². The average Bonchev–Trinajstić information content (AvgIpc) is 3.13. The summed E-state index contributed by atoms with van der Waals surface area (Å²) in [7, 11) is 0. The van der Waals surface area contributed by atoms with E-state index in [2.05, 4.69) is 21.0 Å². The Morgan fingerprint density at radius 3 is 2.89 bits per heavy atom. The number of anilines is 1. The van der Waals surface area contributed by atoms with Crippen LogP contribution in [0.3, 0.4) is 0 Å². The SMILES string of the molecule is Nc1c(C2CC2)[nH]n(Cc2cccc(Br)c2)c1=O. The lowest BCUT2D eigenvalue weighted by molar-refractivity contribution is 0.651. The number of nitrogens with two attached hydrogens (primary N) is 1. The Labute approximate surface area is 113 Å². The highest BCUT2D eigenvalue weighted by Gasteiger charge is 2.29. The number of rotatable bonds is 3. The maximum absolute atomic E-state index is 12.0. The van der Waals surface area contributed by atoms with Gasteiger partial charge in [0.25, 0.3) is 5.56 Å². The van der Waals surface area contributed by atoms with Crippen LogP contribution >= 0.6 is 15.9 Å². The second kappa shape index (κ2) is 4.31. The molecule has 18 heavy (non-hydrogen) atoms. The molecule has 1 aromatic heterocycles. The Morgan fingerprint density at radius 2 is 2.22 bits per heavy atom. The predicted molar refractivity (Wildman–Crippen MR) is 74.7 cm³/mol. The summed E-state index contributed by atoms with van der Waals surface area (Å²) < 4.78 is 2.60. The molecule has 0 saturated heterocycles.